The van der Waals surface area contributed by atoms with E-state index in [-0.39, 0.29) is 6.09 Å². The highest BCUT2D eigenvalue weighted by molar-refractivity contribution is 5.67. The maximum absolute atomic E-state index is 11.8. The lowest BCUT2D eigenvalue weighted by Gasteiger charge is -2.32. The highest BCUT2D eigenvalue weighted by atomic mass is 16.6. The zero-order valence-electron chi connectivity index (χ0n) is 16.9. The summed E-state index contributed by atoms with van der Waals surface area (Å²) < 4.78 is 10.5. The average molecular weight is 393 g/mol. The molecule has 9 nitrogen and oxygen atoms in total. The Kier molecular flexibility index (Phi) is 7.67. The number of nitrogens with one attached hydrogen (secondary N) is 2. The lowest BCUT2D eigenvalue weighted by molar-refractivity contribution is 0.0398. The average Bonchev–Trinajstić information content (AvgIpc) is 2.69. The zero-order valence-corrected chi connectivity index (χ0v) is 16.9. The quantitative estimate of drug-likeness (QED) is 0.722. The number of likely N-dealkylation sites (tertiary alicyclic amines) is 1. The fourth-order valence-electron chi connectivity index (χ4n) is 3.53. The van der Waals surface area contributed by atoms with Gasteiger partial charge in [-0.1, -0.05) is 0 Å². The molecule has 156 valence electrons. The maximum Gasteiger partial charge on any atom is 0.409 e. The van der Waals surface area contributed by atoms with Gasteiger partial charge in [0.25, 0.3) is 0 Å². The smallest absolute Gasteiger partial charge is 0.409 e. The molecule has 1 aromatic heterocycles. The summed E-state index contributed by atoms with van der Waals surface area (Å²) in [5.74, 6) is 2.41. The lowest BCUT2D eigenvalue weighted by atomic mass is 10.1. The van der Waals surface area contributed by atoms with Crippen LogP contribution in [0.15, 0.2) is 6.07 Å². The third-order valence-corrected chi connectivity index (χ3v) is 5.05. The fourth-order valence-corrected chi connectivity index (χ4v) is 3.53. The molecule has 2 aliphatic heterocycles. The molecule has 3 heterocycles. The summed E-state index contributed by atoms with van der Waals surface area (Å²) in [5, 5.41) is 6.90. The van der Waals surface area contributed by atoms with Gasteiger partial charge in [-0.25, -0.2) is 14.8 Å². The number of amides is 1. The van der Waals surface area contributed by atoms with Gasteiger partial charge in [0.05, 0.1) is 19.8 Å². The normalized spacial score (nSPS) is 18.7. The first kappa shape index (κ1) is 20.6. The lowest BCUT2D eigenvalue weighted by Crippen LogP contribution is -2.42. The molecular formula is C19H32N6O3. The highest BCUT2D eigenvalue weighted by Crippen LogP contribution is 2.18. The molecule has 2 saturated heterocycles. The van der Waals surface area contributed by atoms with Crippen molar-refractivity contribution in [3.8, 4) is 0 Å². The van der Waals surface area contributed by atoms with Crippen molar-refractivity contribution in [1.82, 2.24) is 19.8 Å². The maximum atomic E-state index is 11.8. The number of carbonyl (C=O) groups is 1. The van der Waals surface area contributed by atoms with Crippen LogP contribution in [0.3, 0.4) is 0 Å². The van der Waals surface area contributed by atoms with Gasteiger partial charge < -0.3 is 25.0 Å². The second kappa shape index (κ2) is 10.4. The Bertz CT molecular complexity index is 630. The Labute approximate surface area is 166 Å². The number of aromatic nitrogens is 2. The molecule has 0 bridgehead atoms. The summed E-state index contributed by atoms with van der Waals surface area (Å²) in [5.41, 5.74) is 0. The van der Waals surface area contributed by atoms with Gasteiger partial charge in [0, 0.05) is 51.4 Å². The molecule has 2 aliphatic rings. The number of hydrogen-bond acceptors (Lipinski definition) is 8. The van der Waals surface area contributed by atoms with Crippen LogP contribution in [-0.4, -0.2) is 91.0 Å². The first-order chi connectivity index (χ1) is 13.6. The van der Waals surface area contributed by atoms with Crippen molar-refractivity contribution in [2.45, 2.75) is 32.7 Å². The predicted octanol–water partition coefficient (Wildman–Crippen LogP) is 1.56. The molecule has 1 aromatic rings. The topological polar surface area (TPSA) is 91.9 Å². The number of piperidine rings is 1. The molecule has 2 N–H and O–H groups in total. The Balaban J connectivity index is 1.46. The van der Waals surface area contributed by atoms with Gasteiger partial charge in [0.15, 0.2) is 0 Å². The van der Waals surface area contributed by atoms with E-state index in [9.17, 15) is 4.79 Å². The van der Waals surface area contributed by atoms with Gasteiger partial charge in [-0.15, -0.1) is 0 Å². The number of aryl methyl sites for hydroxylation is 1. The first-order valence-corrected chi connectivity index (χ1v) is 10.2. The van der Waals surface area contributed by atoms with E-state index in [1.807, 2.05) is 19.9 Å². The zero-order chi connectivity index (χ0) is 19.8. The Morgan fingerprint density at radius 2 is 1.93 bits per heavy atom. The summed E-state index contributed by atoms with van der Waals surface area (Å²) in [7, 11) is 0. The SMILES string of the molecule is CCOC(=O)N1CCC(Nc2cc(NCCN3CCOCC3)nc(C)n2)CC1. The molecule has 0 saturated carbocycles. The summed E-state index contributed by atoms with van der Waals surface area (Å²) in [4.78, 5) is 25.0. The standard InChI is InChI=1S/C19H32N6O3/c1-3-28-19(26)25-7-4-16(5-8-25)23-18-14-17(21-15(2)22-18)20-6-9-24-10-12-27-13-11-24/h14,16H,3-13H2,1-2H3,(H2,20,21,22,23). The Hall–Kier alpha value is -2.13. The minimum atomic E-state index is -0.217. The third-order valence-electron chi connectivity index (χ3n) is 5.05. The van der Waals surface area contributed by atoms with Crippen molar-refractivity contribution < 1.29 is 14.3 Å². The Morgan fingerprint density at radius 1 is 1.21 bits per heavy atom. The monoisotopic (exact) mass is 392 g/mol. The summed E-state index contributed by atoms with van der Waals surface area (Å²) in [6, 6.07) is 2.26. The molecule has 0 unspecified atom stereocenters. The molecule has 0 aliphatic carbocycles. The van der Waals surface area contributed by atoms with E-state index in [4.69, 9.17) is 9.47 Å². The molecule has 2 fully saturated rings. The van der Waals surface area contributed by atoms with Crippen molar-refractivity contribution in [3.63, 3.8) is 0 Å². The van der Waals surface area contributed by atoms with Gasteiger partial charge >= 0.3 is 6.09 Å². The number of anilines is 2. The van der Waals surface area contributed by atoms with Crippen LogP contribution in [0.5, 0.6) is 0 Å². The van der Waals surface area contributed by atoms with E-state index in [1.165, 1.54) is 0 Å². The number of rotatable bonds is 7. The minimum Gasteiger partial charge on any atom is -0.450 e. The van der Waals surface area contributed by atoms with Crippen LogP contribution in [0.1, 0.15) is 25.6 Å². The van der Waals surface area contributed by atoms with E-state index in [2.05, 4.69) is 25.5 Å². The molecule has 0 atom stereocenters. The largest absolute Gasteiger partial charge is 0.450 e. The minimum absolute atomic E-state index is 0.217. The van der Waals surface area contributed by atoms with E-state index in [1.54, 1.807) is 4.90 Å². The van der Waals surface area contributed by atoms with Crippen LogP contribution < -0.4 is 10.6 Å². The fraction of sp³-hybridized carbons (Fsp3) is 0.737. The molecule has 0 radical (unpaired) electrons. The van der Waals surface area contributed by atoms with Crippen LogP contribution in [0, 0.1) is 6.92 Å². The Morgan fingerprint density at radius 3 is 2.64 bits per heavy atom. The van der Waals surface area contributed by atoms with E-state index in [0.717, 1.165) is 69.7 Å². The molecule has 9 heteroatoms. The van der Waals surface area contributed by atoms with Gasteiger partial charge in [-0.2, -0.15) is 0 Å². The number of morpholine rings is 1. The number of ether oxygens (including phenoxy) is 2. The van der Waals surface area contributed by atoms with Gasteiger partial charge in [-0.3, -0.25) is 4.90 Å². The number of hydrogen-bond donors (Lipinski definition) is 2. The van der Waals surface area contributed by atoms with E-state index >= 15 is 0 Å². The van der Waals surface area contributed by atoms with E-state index < -0.39 is 0 Å². The predicted molar refractivity (Wildman–Crippen MR) is 108 cm³/mol. The highest BCUT2D eigenvalue weighted by Gasteiger charge is 2.23. The summed E-state index contributed by atoms with van der Waals surface area (Å²) >= 11 is 0. The molecule has 0 spiro atoms. The van der Waals surface area contributed by atoms with Crippen LogP contribution in [0.4, 0.5) is 16.4 Å². The van der Waals surface area contributed by atoms with Crippen LogP contribution >= 0.6 is 0 Å². The molecule has 28 heavy (non-hydrogen) atoms. The third kappa shape index (κ3) is 6.20. The molecule has 1 amide bonds. The van der Waals surface area contributed by atoms with E-state index in [0.29, 0.717) is 25.7 Å². The van der Waals surface area contributed by atoms with Gasteiger partial charge in [0.2, 0.25) is 0 Å². The van der Waals surface area contributed by atoms with Crippen LogP contribution in [0.2, 0.25) is 0 Å². The van der Waals surface area contributed by atoms with Crippen molar-refractivity contribution in [1.29, 1.82) is 0 Å². The number of nitrogens with zero attached hydrogens (tertiary/aromatic N) is 4. The van der Waals surface area contributed by atoms with Gasteiger partial charge in [-0.05, 0) is 26.7 Å². The van der Waals surface area contributed by atoms with Crippen molar-refractivity contribution in [2.75, 3.05) is 69.7 Å². The van der Waals surface area contributed by atoms with Crippen LogP contribution in [0.25, 0.3) is 0 Å². The first-order valence-electron chi connectivity index (χ1n) is 10.2. The van der Waals surface area contributed by atoms with Crippen LogP contribution in [-0.2, 0) is 9.47 Å². The molecule has 0 aromatic carbocycles. The second-order valence-corrected chi connectivity index (χ2v) is 7.17. The molecule has 3 rings (SSSR count). The number of carbonyl (C=O) groups excluding carboxylic acids is 1. The molecular weight excluding hydrogens is 360 g/mol. The van der Waals surface area contributed by atoms with Gasteiger partial charge in [0.1, 0.15) is 17.5 Å². The summed E-state index contributed by atoms with van der Waals surface area (Å²) in [6.45, 7) is 11.0. The van der Waals surface area contributed by atoms with Crippen molar-refractivity contribution >= 4 is 17.7 Å². The van der Waals surface area contributed by atoms with Crippen molar-refractivity contribution in [3.05, 3.63) is 11.9 Å². The second-order valence-electron chi connectivity index (χ2n) is 7.17. The summed E-state index contributed by atoms with van der Waals surface area (Å²) in [6.07, 6.45) is 1.54. The van der Waals surface area contributed by atoms with Crippen molar-refractivity contribution in [2.24, 2.45) is 0 Å².